The van der Waals surface area contributed by atoms with E-state index in [1.807, 2.05) is 25.1 Å². The average molecular weight is 270 g/mol. The molecule has 1 heterocycles. The molecule has 2 aromatic rings. The molecule has 2 atom stereocenters. The van der Waals surface area contributed by atoms with Gasteiger partial charge in [-0.3, -0.25) is 4.98 Å². The maximum absolute atomic E-state index is 6.05. The standard InChI is InChI=1S/C17H22N2O/c1-13-6-8-15(9-7-13)17(14(2)18)20-12-10-16-5-3-4-11-19-16/h3-9,11,14,17H,10,12,18H2,1-2H3. The SMILES string of the molecule is Cc1ccc(C(OCCc2ccccn2)C(C)N)cc1. The fourth-order valence-corrected chi connectivity index (χ4v) is 2.14. The summed E-state index contributed by atoms with van der Waals surface area (Å²) >= 11 is 0. The first-order valence-corrected chi connectivity index (χ1v) is 7.00. The van der Waals surface area contributed by atoms with Crippen LogP contribution in [0.1, 0.15) is 29.8 Å². The summed E-state index contributed by atoms with van der Waals surface area (Å²) in [6.07, 6.45) is 2.54. The molecule has 0 fully saturated rings. The van der Waals surface area contributed by atoms with Gasteiger partial charge in [0.25, 0.3) is 0 Å². The lowest BCUT2D eigenvalue weighted by Gasteiger charge is -2.22. The van der Waals surface area contributed by atoms with Crippen molar-refractivity contribution in [1.29, 1.82) is 0 Å². The molecular weight excluding hydrogens is 248 g/mol. The van der Waals surface area contributed by atoms with Crippen LogP contribution in [-0.4, -0.2) is 17.6 Å². The minimum Gasteiger partial charge on any atom is -0.372 e. The predicted octanol–water partition coefficient (Wildman–Crippen LogP) is 3.04. The van der Waals surface area contributed by atoms with Gasteiger partial charge in [-0.15, -0.1) is 0 Å². The number of rotatable bonds is 6. The number of pyridine rings is 1. The van der Waals surface area contributed by atoms with Crippen molar-refractivity contribution in [3.05, 3.63) is 65.5 Å². The third-order valence-electron chi connectivity index (χ3n) is 3.27. The molecule has 0 aliphatic rings. The topological polar surface area (TPSA) is 48.1 Å². The largest absolute Gasteiger partial charge is 0.372 e. The molecule has 0 aliphatic heterocycles. The van der Waals surface area contributed by atoms with Gasteiger partial charge in [0.05, 0.1) is 12.7 Å². The van der Waals surface area contributed by atoms with Crippen LogP contribution in [0.15, 0.2) is 48.7 Å². The van der Waals surface area contributed by atoms with Crippen LogP contribution in [0.4, 0.5) is 0 Å². The van der Waals surface area contributed by atoms with Gasteiger partial charge in [-0.05, 0) is 31.5 Å². The van der Waals surface area contributed by atoms with E-state index < -0.39 is 0 Å². The monoisotopic (exact) mass is 270 g/mol. The van der Waals surface area contributed by atoms with Crippen molar-refractivity contribution in [3.8, 4) is 0 Å². The van der Waals surface area contributed by atoms with Crippen molar-refractivity contribution >= 4 is 0 Å². The fourth-order valence-electron chi connectivity index (χ4n) is 2.14. The van der Waals surface area contributed by atoms with Crippen LogP contribution in [0.2, 0.25) is 0 Å². The first kappa shape index (κ1) is 14.7. The van der Waals surface area contributed by atoms with Gasteiger partial charge in [0.15, 0.2) is 0 Å². The van der Waals surface area contributed by atoms with Crippen LogP contribution in [0.3, 0.4) is 0 Å². The molecule has 2 unspecified atom stereocenters. The van der Waals surface area contributed by atoms with Crippen LogP contribution in [0.5, 0.6) is 0 Å². The number of benzene rings is 1. The molecular formula is C17H22N2O. The Morgan fingerprint density at radius 1 is 1.15 bits per heavy atom. The van der Waals surface area contributed by atoms with E-state index in [2.05, 4.69) is 36.2 Å². The van der Waals surface area contributed by atoms with Crippen molar-refractivity contribution in [2.75, 3.05) is 6.61 Å². The lowest BCUT2D eigenvalue weighted by atomic mass is 10.0. The van der Waals surface area contributed by atoms with Gasteiger partial charge < -0.3 is 10.5 Å². The summed E-state index contributed by atoms with van der Waals surface area (Å²) in [5.41, 5.74) is 9.46. The second kappa shape index (κ2) is 7.17. The Morgan fingerprint density at radius 2 is 1.90 bits per heavy atom. The molecule has 2 rings (SSSR count). The second-order valence-corrected chi connectivity index (χ2v) is 5.13. The number of aryl methyl sites for hydroxylation is 1. The first-order chi connectivity index (χ1) is 9.66. The van der Waals surface area contributed by atoms with Gasteiger partial charge >= 0.3 is 0 Å². The lowest BCUT2D eigenvalue weighted by molar-refractivity contribution is 0.0400. The average Bonchev–Trinajstić information content (AvgIpc) is 2.46. The van der Waals surface area contributed by atoms with Crippen LogP contribution in [0.25, 0.3) is 0 Å². The highest BCUT2D eigenvalue weighted by Crippen LogP contribution is 2.21. The Labute approximate surface area is 120 Å². The van der Waals surface area contributed by atoms with Crippen molar-refractivity contribution < 1.29 is 4.74 Å². The highest BCUT2D eigenvalue weighted by Gasteiger charge is 2.16. The molecule has 3 heteroatoms. The van der Waals surface area contributed by atoms with E-state index in [0.717, 1.165) is 17.7 Å². The Bertz CT molecular complexity index is 508. The van der Waals surface area contributed by atoms with Gasteiger partial charge in [0.2, 0.25) is 0 Å². The molecule has 0 bridgehead atoms. The summed E-state index contributed by atoms with van der Waals surface area (Å²) in [6, 6.07) is 14.2. The summed E-state index contributed by atoms with van der Waals surface area (Å²) in [5.74, 6) is 0. The minimum absolute atomic E-state index is 0.0403. The normalized spacial score (nSPS) is 13.9. The van der Waals surface area contributed by atoms with E-state index >= 15 is 0 Å². The number of nitrogens with zero attached hydrogens (tertiary/aromatic N) is 1. The molecule has 3 nitrogen and oxygen atoms in total. The van der Waals surface area contributed by atoms with Crippen LogP contribution >= 0.6 is 0 Å². The summed E-state index contributed by atoms with van der Waals surface area (Å²) in [7, 11) is 0. The number of aromatic nitrogens is 1. The zero-order chi connectivity index (χ0) is 14.4. The van der Waals surface area contributed by atoms with Gasteiger partial charge in [-0.25, -0.2) is 0 Å². The molecule has 1 aromatic heterocycles. The first-order valence-electron chi connectivity index (χ1n) is 7.00. The van der Waals surface area contributed by atoms with Crippen molar-refractivity contribution in [1.82, 2.24) is 4.98 Å². The quantitative estimate of drug-likeness (QED) is 0.877. The molecule has 0 spiro atoms. The number of nitrogens with two attached hydrogens (primary N) is 1. The van der Waals surface area contributed by atoms with E-state index in [-0.39, 0.29) is 12.1 Å². The molecule has 0 saturated carbocycles. The summed E-state index contributed by atoms with van der Waals surface area (Å²) in [6.45, 7) is 4.68. The van der Waals surface area contributed by atoms with E-state index in [0.29, 0.717) is 6.61 Å². The zero-order valence-electron chi connectivity index (χ0n) is 12.1. The minimum atomic E-state index is -0.0701. The number of hydrogen-bond acceptors (Lipinski definition) is 3. The maximum Gasteiger partial charge on any atom is 0.0973 e. The van der Waals surface area contributed by atoms with Crippen LogP contribution in [0, 0.1) is 6.92 Å². The fraction of sp³-hybridized carbons (Fsp3) is 0.353. The smallest absolute Gasteiger partial charge is 0.0973 e. The van der Waals surface area contributed by atoms with Gasteiger partial charge in [0, 0.05) is 24.4 Å². The van der Waals surface area contributed by atoms with Crippen molar-refractivity contribution in [3.63, 3.8) is 0 Å². The molecule has 0 amide bonds. The number of ether oxygens (including phenoxy) is 1. The van der Waals surface area contributed by atoms with E-state index in [4.69, 9.17) is 10.5 Å². The zero-order valence-corrected chi connectivity index (χ0v) is 12.1. The third kappa shape index (κ3) is 4.15. The van der Waals surface area contributed by atoms with Gasteiger partial charge in [0.1, 0.15) is 0 Å². The predicted molar refractivity (Wildman–Crippen MR) is 81.5 cm³/mol. The summed E-state index contributed by atoms with van der Waals surface area (Å²) in [5, 5.41) is 0. The molecule has 2 N–H and O–H groups in total. The molecule has 0 aliphatic carbocycles. The Kier molecular flexibility index (Phi) is 5.27. The summed E-state index contributed by atoms with van der Waals surface area (Å²) < 4.78 is 5.97. The Hall–Kier alpha value is -1.71. The van der Waals surface area contributed by atoms with Crippen LogP contribution < -0.4 is 5.73 Å². The van der Waals surface area contributed by atoms with Gasteiger partial charge in [-0.2, -0.15) is 0 Å². The second-order valence-electron chi connectivity index (χ2n) is 5.13. The Balaban J connectivity index is 1.94. The lowest BCUT2D eigenvalue weighted by Crippen LogP contribution is -2.27. The number of hydrogen-bond donors (Lipinski definition) is 1. The van der Waals surface area contributed by atoms with E-state index in [1.54, 1.807) is 6.20 Å². The third-order valence-corrected chi connectivity index (χ3v) is 3.27. The molecule has 106 valence electrons. The highest BCUT2D eigenvalue weighted by atomic mass is 16.5. The van der Waals surface area contributed by atoms with E-state index in [1.165, 1.54) is 5.56 Å². The Morgan fingerprint density at radius 3 is 2.50 bits per heavy atom. The highest BCUT2D eigenvalue weighted by molar-refractivity contribution is 5.24. The van der Waals surface area contributed by atoms with E-state index in [9.17, 15) is 0 Å². The molecule has 0 saturated heterocycles. The molecule has 1 aromatic carbocycles. The van der Waals surface area contributed by atoms with Crippen molar-refractivity contribution in [2.45, 2.75) is 32.4 Å². The van der Waals surface area contributed by atoms with Crippen LogP contribution in [-0.2, 0) is 11.2 Å². The van der Waals surface area contributed by atoms with Gasteiger partial charge in [-0.1, -0.05) is 35.9 Å². The maximum atomic E-state index is 6.05. The van der Waals surface area contributed by atoms with Crippen molar-refractivity contribution in [2.24, 2.45) is 5.73 Å². The molecule has 0 radical (unpaired) electrons. The molecule has 20 heavy (non-hydrogen) atoms. The summed E-state index contributed by atoms with van der Waals surface area (Å²) in [4.78, 5) is 4.29.